The molecule has 8 heteroatoms. The number of anilines is 1. The number of nitrogens with one attached hydrogen (secondary N) is 3. The van der Waals surface area contributed by atoms with E-state index in [1.807, 2.05) is 76.2 Å². The Morgan fingerprint density at radius 2 is 1.89 bits per heavy atom. The van der Waals surface area contributed by atoms with Crippen LogP contribution >= 0.6 is 0 Å². The first-order valence-electron chi connectivity index (χ1n) is 12.6. The lowest BCUT2D eigenvalue weighted by molar-refractivity contribution is 0.0322. The zero-order valence-corrected chi connectivity index (χ0v) is 22.0. The van der Waals surface area contributed by atoms with Crippen LogP contribution in [0.5, 0.6) is 5.75 Å². The number of hydroxylamine groups is 1. The van der Waals surface area contributed by atoms with Crippen molar-refractivity contribution < 1.29 is 19.1 Å². The number of amides is 2. The zero-order valence-electron chi connectivity index (χ0n) is 22.0. The first-order valence-corrected chi connectivity index (χ1v) is 12.6. The lowest BCUT2D eigenvalue weighted by Gasteiger charge is -2.26. The summed E-state index contributed by atoms with van der Waals surface area (Å²) in [5.74, 6) is 8.08. The van der Waals surface area contributed by atoms with Gasteiger partial charge in [0.1, 0.15) is 24.3 Å². The van der Waals surface area contributed by atoms with Gasteiger partial charge in [-0.2, -0.15) is 0 Å². The lowest BCUT2D eigenvalue weighted by Crippen LogP contribution is -2.43. The minimum atomic E-state index is -0.385. The van der Waals surface area contributed by atoms with E-state index in [9.17, 15) is 4.79 Å². The van der Waals surface area contributed by atoms with Crippen LogP contribution in [0.25, 0.3) is 0 Å². The number of rotatable bonds is 6. The van der Waals surface area contributed by atoms with E-state index in [1.165, 1.54) is 0 Å². The smallest absolute Gasteiger partial charge is 0.320 e. The van der Waals surface area contributed by atoms with Crippen LogP contribution in [0.15, 0.2) is 54.3 Å². The van der Waals surface area contributed by atoms with Gasteiger partial charge < -0.3 is 24.9 Å². The predicted molar refractivity (Wildman–Crippen MR) is 144 cm³/mol. The van der Waals surface area contributed by atoms with Crippen molar-refractivity contribution in [1.82, 2.24) is 15.7 Å². The molecule has 0 aromatic heterocycles. The molecule has 8 nitrogen and oxygen atoms in total. The number of urea groups is 1. The van der Waals surface area contributed by atoms with Crippen molar-refractivity contribution in [2.75, 3.05) is 44.8 Å². The maximum atomic E-state index is 12.3. The number of carbonyl (C=O) groups is 1. The average molecular weight is 505 g/mol. The molecule has 2 aliphatic heterocycles. The highest BCUT2D eigenvalue weighted by Gasteiger charge is 2.27. The summed E-state index contributed by atoms with van der Waals surface area (Å²) >= 11 is 0. The molecule has 196 valence electrons. The van der Waals surface area contributed by atoms with Gasteiger partial charge in [0.25, 0.3) is 0 Å². The van der Waals surface area contributed by atoms with E-state index >= 15 is 0 Å². The Balaban J connectivity index is 1.26. The third kappa shape index (κ3) is 7.99. The van der Waals surface area contributed by atoms with Gasteiger partial charge in [-0.3, -0.25) is 4.90 Å². The van der Waals surface area contributed by atoms with E-state index in [-0.39, 0.29) is 17.6 Å². The molecule has 1 unspecified atom stereocenters. The van der Waals surface area contributed by atoms with Crippen molar-refractivity contribution in [3.8, 4) is 17.6 Å². The zero-order chi connectivity index (χ0) is 26.3. The van der Waals surface area contributed by atoms with Crippen molar-refractivity contribution >= 4 is 11.7 Å². The third-order valence-corrected chi connectivity index (χ3v) is 6.10. The maximum Gasteiger partial charge on any atom is 0.320 e. The van der Waals surface area contributed by atoms with E-state index in [0.717, 1.165) is 61.0 Å². The Hall–Kier alpha value is -3.51. The van der Waals surface area contributed by atoms with Crippen LogP contribution in [0.3, 0.4) is 0 Å². The van der Waals surface area contributed by atoms with E-state index in [2.05, 4.69) is 32.9 Å². The van der Waals surface area contributed by atoms with E-state index < -0.39 is 0 Å². The number of hydrogen-bond donors (Lipinski definition) is 3. The molecule has 0 spiro atoms. The molecule has 0 bridgehead atoms. The fourth-order valence-electron chi connectivity index (χ4n) is 3.89. The Bertz CT molecular complexity index is 1170. The van der Waals surface area contributed by atoms with Crippen LogP contribution < -0.4 is 20.9 Å². The molecule has 2 heterocycles. The Labute approximate surface area is 219 Å². The van der Waals surface area contributed by atoms with Crippen molar-refractivity contribution in [2.45, 2.75) is 33.9 Å². The minimum absolute atomic E-state index is 0.131. The molecule has 2 aromatic rings. The molecule has 0 saturated carbocycles. The Morgan fingerprint density at radius 1 is 1.14 bits per heavy atom. The number of aryl methyl sites for hydroxylation is 1. The molecule has 4 rings (SSSR count). The van der Waals surface area contributed by atoms with Gasteiger partial charge in [-0.25, -0.2) is 4.79 Å². The third-order valence-electron chi connectivity index (χ3n) is 6.10. The monoisotopic (exact) mass is 504 g/mol. The fraction of sp³-hybridized carbons (Fsp3) is 0.414. The molecule has 2 amide bonds. The molecule has 1 fully saturated rings. The SMILES string of the molecule is Cc1cc(OCCN2CCOCC2)ccc1C#Cc1ccc(NC(=O)NC2C=C(C(C)(C)C)ON2)cc1. The second-order valence-corrected chi connectivity index (χ2v) is 10.2. The van der Waals surface area contributed by atoms with Crippen LogP contribution in [0.4, 0.5) is 10.5 Å². The number of ether oxygens (including phenoxy) is 2. The summed E-state index contributed by atoms with van der Waals surface area (Å²) in [6.45, 7) is 13.3. The van der Waals surface area contributed by atoms with Gasteiger partial charge in [-0.05, 0) is 61.0 Å². The molecule has 2 aliphatic rings. The summed E-state index contributed by atoms with van der Waals surface area (Å²) in [6, 6.07) is 13.1. The lowest BCUT2D eigenvalue weighted by atomic mass is 9.94. The van der Waals surface area contributed by atoms with Gasteiger partial charge in [0.15, 0.2) is 0 Å². The standard InChI is InChI=1S/C29H36N4O4/c1-21-19-25(36-18-15-33-13-16-35-17-14-33)12-9-23(21)8-5-22-6-10-24(11-7-22)30-28(34)31-27-20-26(37-32-27)29(2,3)4/h6-7,9-12,19-20,27,32H,13-18H2,1-4H3,(H2,30,31,34). The number of allylic oxidation sites excluding steroid dienone is 1. The largest absolute Gasteiger partial charge is 0.492 e. The second-order valence-electron chi connectivity index (χ2n) is 10.2. The molecular weight excluding hydrogens is 468 g/mol. The van der Waals surface area contributed by atoms with Gasteiger partial charge in [0, 0.05) is 41.9 Å². The second kappa shape index (κ2) is 12.2. The quantitative estimate of drug-likeness (QED) is 0.516. The van der Waals surface area contributed by atoms with E-state index in [1.54, 1.807) is 0 Å². The Morgan fingerprint density at radius 3 is 2.57 bits per heavy atom. The first-order chi connectivity index (χ1) is 17.8. The summed E-state index contributed by atoms with van der Waals surface area (Å²) in [4.78, 5) is 20.1. The molecule has 0 radical (unpaired) electrons. The Kier molecular flexibility index (Phi) is 8.72. The fourth-order valence-corrected chi connectivity index (χ4v) is 3.89. The molecule has 1 atom stereocenters. The number of hydrogen-bond acceptors (Lipinski definition) is 6. The van der Waals surface area contributed by atoms with Crippen LogP contribution in [-0.4, -0.2) is 56.6 Å². The van der Waals surface area contributed by atoms with Crippen molar-refractivity contribution in [3.05, 3.63) is 71.0 Å². The van der Waals surface area contributed by atoms with Crippen molar-refractivity contribution in [2.24, 2.45) is 5.41 Å². The van der Waals surface area contributed by atoms with Gasteiger partial charge in [0.2, 0.25) is 0 Å². The summed E-state index contributed by atoms with van der Waals surface area (Å²) in [5, 5.41) is 5.65. The van der Waals surface area contributed by atoms with Gasteiger partial charge in [0.05, 0.1) is 13.2 Å². The minimum Gasteiger partial charge on any atom is -0.492 e. The maximum absolute atomic E-state index is 12.3. The van der Waals surface area contributed by atoms with Gasteiger partial charge in [-0.1, -0.05) is 32.6 Å². The normalized spacial score (nSPS) is 17.7. The van der Waals surface area contributed by atoms with Crippen LogP contribution in [0, 0.1) is 24.2 Å². The van der Waals surface area contributed by atoms with E-state index in [0.29, 0.717) is 12.3 Å². The number of carbonyl (C=O) groups excluding carboxylic acids is 1. The average Bonchev–Trinajstić information content (AvgIpc) is 3.34. The molecule has 2 aromatic carbocycles. The molecular formula is C29H36N4O4. The topological polar surface area (TPSA) is 84.1 Å². The van der Waals surface area contributed by atoms with Crippen molar-refractivity contribution in [3.63, 3.8) is 0 Å². The molecule has 0 aliphatic carbocycles. The highest BCUT2D eigenvalue weighted by Crippen LogP contribution is 2.28. The van der Waals surface area contributed by atoms with Crippen LogP contribution in [0.2, 0.25) is 0 Å². The number of benzene rings is 2. The highest BCUT2D eigenvalue weighted by atomic mass is 16.7. The number of nitrogens with zero attached hydrogens (tertiary/aromatic N) is 1. The van der Waals surface area contributed by atoms with Gasteiger partial charge >= 0.3 is 6.03 Å². The van der Waals surface area contributed by atoms with Crippen LogP contribution in [0.1, 0.15) is 37.5 Å². The summed E-state index contributed by atoms with van der Waals surface area (Å²) in [5.41, 5.74) is 6.24. The highest BCUT2D eigenvalue weighted by molar-refractivity contribution is 5.89. The first kappa shape index (κ1) is 26.6. The van der Waals surface area contributed by atoms with Gasteiger partial charge in [-0.15, -0.1) is 5.48 Å². The van der Waals surface area contributed by atoms with E-state index in [4.69, 9.17) is 14.3 Å². The predicted octanol–water partition coefficient (Wildman–Crippen LogP) is 4.02. The molecule has 37 heavy (non-hydrogen) atoms. The van der Waals surface area contributed by atoms with Crippen molar-refractivity contribution in [1.29, 1.82) is 0 Å². The summed E-state index contributed by atoms with van der Waals surface area (Å²) < 4.78 is 11.3. The molecule has 3 N–H and O–H groups in total. The van der Waals surface area contributed by atoms with Crippen LogP contribution in [-0.2, 0) is 9.57 Å². The summed E-state index contributed by atoms with van der Waals surface area (Å²) in [6.07, 6.45) is 1.48. The molecule has 1 saturated heterocycles. The number of morpholine rings is 1. The summed E-state index contributed by atoms with van der Waals surface area (Å²) in [7, 11) is 0.